The summed E-state index contributed by atoms with van der Waals surface area (Å²) in [5, 5.41) is 6.40. The molecule has 0 saturated carbocycles. The zero-order valence-corrected chi connectivity index (χ0v) is 22.9. The lowest BCUT2D eigenvalue weighted by Gasteiger charge is -2.47. The summed E-state index contributed by atoms with van der Waals surface area (Å²) < 4.78 is 5.60. The molecule has 11 heteroatoms. The third-order valence-electron chi connectivity index (χ3n) is 7.91. The lowest BCUT2D eigenvalue weighted by atomic mass is 10.0. The van der Waals surface area contributed by atoms with E-state index in [9.17, 15) is 9.59 Å². The number of amides is 2. The first-order valence-corrected chi connectivity index (χ1v) is 13.3. The van der Waals surface area contributed by atoms with Gasteiger partial charge in [0.1, 0.15) is 17.5 Å². The van der Waals surface area contributed by atoms with Crippen molar-refractivity contribution in [3.63, 3.8) is 0 Å². The minimum absolute atomic E-state index is 0.0583. The molecule has 1 atom stereocenters. The van der Waals surface area contributed by atoms with E-state index in [4.69, 9.17) is 9.72 Å². The number of ether oxygens (including phenoxy) is 1. The molecule has 2 amide bonds. The lowest BCUT2D eigenvalue weighted by Crippen LogP contribution is -2.63. The summed E-state index contributed by atoms with van der Waals surface area (Å²) in [6, 6.07) is 5.61. The number of fused-ring (bicyclic) bond motifs is 3. The zero-order valence-electron chi connectivity index (χ0n) is 22.9. The SMILES string of the molecule is COc1cc(C(=O)NC2CCN(C)CC2)ccc1Nc1ncc2c(n1)N1CCN(C(C)C)C[C@@H]1C(=O)N2C. The average Bonchev–Trinajstić information content (AvgIpc) is 2.92. The molecule has 0 unspecified atom stereocenters. The highest BCUT2D eigenvalue weighted by Crippen LogP contribution is 2.36. The normalized spacial score (nSPS) is 20.8. The molecular weight excluding hydrogens is 484 g/mol. The van der Waals surface area contributed by atoms with Gasteiger partial charge in [0, 0.05) is 44.3 Å². The maximum atomic E-state index is 13.1. The van der Waals surface area contributed by atoms with Gasteiger partial charge in [-0.3, -0.25) is 14.5 Å². The molecule has 2 saturated heterocycles. The molecule has 38 heavy (non-hydrogen) atoms. The molecule has 3 aliphatic rings. The fourth-order valence-corrected chi connectivity index (χ4v) is 5.43. The maximum Gasteiger partial charge on any atom is 0.251 e. The van der Waals surface area contributed by atoms with Crippen LogP contribution in [0.25, 0.3) is 0 Å². The maximum absolute atomic E-state index is 13.1. The van der Waals surface area contributed by atoms with Crippen molar-refractivity contribution in [3.05, 3.63) is 30.0 Å². The number of piperidine rings is 1. The first-order valence-electron chi connectivity index (χ1n) is 13.3. The van der Waals surface area contributed by atoms with Crippen LogP contribution in [0.2, 0.25) is 0 Å². The molecule has 2 N–H and O–H groups in total. The van der Waals surface area contributed by atoms with Crippen LogP contribution in [0.1, 0.15) is 37.0 Å². The zero-order chi connectivity index (χ0) is 27.0. The molecule has 1 aromatic heterocycles. The molecule has 0 spiro atoms. The van der Waals surface area contributed by atoms with E-state index in [1.54, 1.807) is 37.4 Å². The summed E-state index contributed by atoms with van der Waals surface area (Å²) in [7, 11) is 5.46. The van der Waals surface area contributed by atoms with Crippen LogP contribution in [0.4, 0.5) is 23.1 Å². The average molecular weight is 523 g/mol. The fourth-order valence-electron chi connectivity index (χ4n) is 5.43. The molecular formula is C27H38N8O3. The van der Waals surface area contributed by atoms with Gasteiger partial charge in [-0.2, -0.15) is 4.98 Å². The van der Waals surface area contributed by atoms with Crippen molar-refractivity contribution in [3.8, 4) is 5.75 Å². The topological polar surface area (TPSA) is 106 Å². The third kappa shape index (κ3) is 5.12. The minimum atomic E-state index is -0.275. The van der Waals surface area contributed by atoms with Crippen molar-refractivity contribution in [2.75, 3.05) is 69.0 Å². The van der Waals surface area contributed by atoms with Gasteiger partial charge in [-0.25, -0.2) is 4.98 Å². The van der Waals surface area contributed by atoms with E-state index < -0.39 is 0 Å². The van der Waals surface area contributed by atoms with Crippen LogP contribution in [0.3, 0.4) is 0 Å². The monoisotopic (exact) mass is 522 g/mol. The van der Waals surface area contributed by atoms with Crippen LogP contribution in [0.5, 0.6) is 5.75 Å². The molecule has 1 aromatic carbocycles. The molecule has 2 aromatic rings. The van der Waals surface area contributed by atoms with Gasteiger partial charge in [0.15, 0.2) is 5.82 Å². The van der Waals surface area contributed by atoms with Crippen LogP contribution >= 0.6 is 0 Å². The predicted octanol–water partition coefficient (Wildman–Crippen LogP) is 1.93. The van der Waals surface area contributed by atoms with E-state index in [0.29, 0.717) is 41.2 Å². The molecule has 3 aliphatic heterocycles. The van der Waals surface area contributed by atoms with Gasteiger partial charge in [0.25, 0.3) is 11.8 Å². The van der Waals surface area contributed by atoms with Gasteiger partial charge in [-0.05, 0) is 65.0 Å². The molecule has 204 valence electrons. The molecule has 0 aliphatic carbocycles. The Morgan fingerprint density at radius 2 is 1.89 bits per heavy atom. The number of carbonyl (C=O) groups is 2. The van der Waals surface area contributed by atoms with E-state index in [1.165, 1.54) is 0 Å². The van der Waals surface area contributed by atoms with Gasteiger partial charge in [-0.1, -0.05) is 0 Å². The Morgan fingerprint density at radius 3 is 2.61 bits per heavy atom. The number of likely N-dealkylation sites (tertiary alicyclic amines) is 1. The number of aromatic nitrogens is 2. The summed E-state index contributed by atoms with van der Waals surface area (Å²) in [5.41, 5.74) is 1.90. The summed E-state index contributed by atoms with van der Waals surface area (Å²) in [5.74, 6) is 1.62. The Bertz CT molecular complexity index is 1200. The largest absolute Gasteiger partial charge is 0.495 e. The van der Waals surface area contributed by atoms with Crippen LogP contribution in [-0.4, -0.2) is 104 Å². The number of methoxy groups -OCH3 is 1. The Morgan fingerprint density at radius 1 is 1.13 bits per heavy atom. The Kier molecular flexibility index (Phi) is 7.40. The van der Waals surface area contributed by atoms with E-state index in [0.717, 1.165) is 44.8 Å². The minimum Gasteiger partial charge on any atom is -0.495 e. The van der Waals surface area contributed by atoms with Gasteiger partial charge in [-0.15, -0.1) is 0 Å². The number of nitrogens with zero attached hydrogens (tertiary/aromatic N) is 6. The summed E-state index contributed by atoms with van der Waals surface area (Å²) in [6.45, 7) is 8.53. The number of anilines is 4. The Balaban J connectivity index is 1.34. The van der Waals surface area contributed by atoms with E-state index >= 15 is 0 Å². The van der Waals surface area contributed by atoms with Crippen LogP contribution in [0.15, 0.2) is 24.4 Å². The molecule has 2 fully saturated rings. The predicted molar refractivity (Wildman–Crippen MR) is 148 cm³/mol. The third-order valence-corrected chi connectivity index (χ3v) is 7.91. The van der Waals surface area contributed by atoms with Crippen molar-refractivity contribution in [2.24, 2.45) is 0 Å². The lowest BCUT2D eigenvalue weighted by molar-refractivity contribution is -0.121. The number of likely N-dealkylation sites (N-methyl/N-ethyl adjacent to an activating group) is 1. The van der Waals surface area contributed by atoms with Crippen LogP contribution in [0, 0.1) is 0 Å². The first kappa shape index (κ1) is 26.2. The van der Waals surface area contributed by atoms with Crippen molar-refractivity contribution >= 4 is 35.0 Å². The molecule has 11 nitrogen and oxygen atoms in total. The summed E-state index contributed by atoms with van der Waals surface area (Å²) in [4.78, 5) is 43.6. The Hall–Kier alpha value is -3.44. The quantitative estimate of drug-likeness (QED) is 0.589. The smallest absolute Gasteiger partial charge is 0.251 e. The molecule has 0 radical (unpaired) electrons. The van der Waals surface area contributed by atoms with Gasteiger partial charge in [0.05, 0.1) is 19.0 Å². The van der Waals surface area contributed by atoms with Crippen molar-refractivity contribution in [1.29, 1.82) is 0 Å². The van der Waals surface area contributed by atoms with Gasteiger partial charge in [0.2, 0.25) is 5.95 Å². The fraction of sp³-hybridized carbons (Fsp3) is 0.556. The molecule has 5 rings (SSSR count). The second-order valence-corrected chi connectivity index (χ2v) is 10.7. The van der Waals surface area contributed by atoms with Crippen molar-refractivity contribution in [2.45, 2.75) is 44.8 Å². The Labute approximate surface area is 224 Å². The van der Waals surface area contributed by atoms with Crippen molar-refractivity contribution < 1.29 is 14.3 Å². The van der Waals surface area contributed by atoms with Crippen LogP contribution in [-0.2, 0) is 4.79 Å². The highest BCUT2D eigenvalue weighted by Gasteiger charge is 2.41. The number of piperazine rings is 1. The van der Waals surface area contributed by atoms with Crippen molar-refractivity contribution in [1.82, 2.24) is 25.1 Å². The molecule has 0 bridgehead atoms. The first-order chi connectivity index (χ1) is 18.2. The van der Waals surface area contributed by atoms with E-state index in [-0.39, 0.29) is 23.9 Å². The number of hydrogen-bond donors (Lipinski definition) is 2. The highest BCUT2D eigenvalue weighted by molar-refractivity contribution is 6.04. The van der Waals surface area contributed by atoms with E-state index in [1.807, 2.05) is 6.07 Å². The number of hydrogen-bond acceptors (Lipinski definition) is 9. The summed E-state index contributed by atoms with van der Waals surface area (Å²) in [6.07, 6.45) is 3.58. The van der Waals surface area contributed by atoms with Gasteiger partial charge < -0.3 is 30.1 Å². The highest BCUT2D eigenvalue weighted by atomic mass is 16.5. The van der Waals surface area contributed by atoms with E-state index in [2.05, 4.69) is 51.2 Å². The number of carbonyl (C=O) groups excluding carboxylic acids is 2. The number of rotatable bonds is 6. The summed E-state index contributed by atoms with van der Waals surface area (Å²) >= 11 is 0. The molecule has 4 heterocycles. The van der Waals surface area contributed by atoms with Gasteiger partial charge >= 0.3 is 0 Å². The number of benzene rings is 1. The number of nitrogens with one attached hydrogen (secondary N) is 2. The standard InChI is InChI=1S/C27H38N8O3/c1-17(2)34-12-13-35-22(16-34)26(37)33(4)21-15-28-27(31-24(21)35)30-20-7-6-18(14-23(20)38-5)25(36)29-19-8-10-32(3)11-9-19/h6-7,14-15,17,19,22H,8-13,16H2,1-5H3,(H,29,36)(H,28,30,31)/t22-/m1/s1. The second-order valence-electron chi connectivity index (χ2n) is 10.7. The van der Waals surface area contributed by atoms with Crippen LogP contribution < -0.4 is 25.2 Å². The second kappa shape index (κ2) is 10.7.